The summed E-state index contributed by atoms with van der Waals surface area (Å²) in [6.07, 6.45) is 12.0. The second kappa shape index (κ2) is 13.7. The molecule has 256 valence electrons. The van der Waals surface area contributed by atoms with Gasteiger partial charge in [-0.1, -0.05) is 74.0 Å². The summed E-state index contributed by atoms with van der Waals surface area (Å²) in [5.74, 6) is -0.732. The molecular formula is C38H45N2O6S2-. The molecule has 5 rings (SSSR count). The number of hydrogen-bond donors (Lipinski definition) is 0. The lowest BCUT2D eigenvalue weighted by molar-refractivity contribution is -0.438. The van der Waals surface area contributed by atoms with E-state index in [1.165, 1.54) is 22.1 Å². The summed E-state index contributed by atoms with van der Waals surface area (Å²) in [6.45, 7) is 12.1. The van der Waals surface area contributed by atoms with E-state index in [0.717, 1.165) is 28.2 Å². The van der Waals surface area contributed by atoms with Crippen molar-refractivity contribution < 1.29 is 30.5 Å². The van der Waals surface area contributed by atoms with Gasteiger partial charge in [0.2, 0.25) is 5.69 Å². The second-order valence-corrected chi connectivity index (χ2v) is 16.9. The molecule has 0 fully saturated rings. The molecule has 2 heterocycles. The largest absolute Gasteiger partial charge is 0.748 e. The Bertz CT molecular complexity index is 2060. The van der Waals surface area contributed by atoms with E-state index in [-0.39, 0.29) is 22.3 Å². The van der Waals surface area contributed by atoms with E-state index in [1.807, 2.05) is 30.4 Å². The molecule has 0 aromatic heterocycles. The first-order valence-corrected chi connectivity index (χ1v) is 19.6. The van der Waals surface area contributed by atoms with Gasteiger partial charge < -0.3 is 14.0 Å². The predicted molar refractivity (Wildman–Crippen MR) is 192 cm³/mol. The van der Waals surface area contributed by atoms with Crippen LogP contribution < -0.4 is 4.90 Å². The quantitative estimate of drug-likeness (QED) is 0.0823. The molecule has 0 saturated carbocycles. The molecule has 0 aliphatic carbocycles. The Morgan fingerprint density at radius 1 is 0.792 bits per heavy atom. The smallest absolute Gasteiger partial charge is 0.210 e. The summed E-state index contributed by atoms with van der Waals surface area (Å²) in [7, 11) is -8.51. The standard InChI is InChI=1S/C38H46N2O6S2/c1-28-19-21-32-31(27-28)37(2,3)34(39(32)23-11-13-25-47(41,42)43)17-7-6-8-18-35-38(4,5)36-30-16-10-9-15-29(30)20-22-33(36)40(35)24-12-14-26-48(44,45)46/h6-10,15-22,27H,11-14,23-26H2,1-5H3,(H-,41,42,43,44,45,46)/p-1. The van der Waals surface area contributed by atoms with E-state index < -0.39 is 20.2 Å². The molecule has 0 spiro atoms. The average Bonchev–Trinajstić information content (AvgIpc) is 3.34. The molecule has 0 amide bonds. The van der Waals surface area contributed by atoms with Crippen LogP contribution in [0.4, 0.5) is 11.4 Å². The average molecular weight is 690 g/mol. The van der Waals surface area contributed by atoms with Crippen LogP contribution in [0.25, 0.3) is 10.8 Å². The minimum absolute atomic E-state index is 0.278. The van der Waals surface area contributed by atoms with Crippen LogP contribution in [0, 0.1) is 6.92 Å². The molecule has 3 aromatic rings. The van der Waals surface area contributed by atoms with E-state index >= 15 is 0 Å². The van der Waals surface area contributed by atoms with Gasteiger partial charge in [-0.05, 0) is 74.6 Å². The number of fused-ring (bicyclic) bond motifs is 4. The van der Waals surface area contributed by atoms with Crippen molar-refractivity contribution in [2.75, 3.05) is 29.5 Å². The van der Waals surface area contributed by atoms with Crippen molar-refractivity contribution in [3.63, 3.8) is 0 Å². The number of nitrogens with zero attached hydrogens (tertiary/aromatic N) is 2. The predicted octanol–water partition coefficient (Wildman–Crippen LogP) is 6.97. The van der Waals surface area contributed by atoms with Crippen LogP contribution in [0.2, 0.25) is 0 Å². The fourth-order valence-corrected chi connectivity index (χ4v) is 8.38. The van der Waals surface area contributed by atoms with Crippen molar-refractivity contribution in [3.05, 3.63) is 107 Å². The highest BCUT2D eigenvalue weighted by molar-refractivity contribution is 7.85. The maximum atomic E-state index is 11.2. The Hall–Kier alpha value is -3.57. The van der Waals surface area contributed by atoms with Crippen molar-refractivity contribution >= 4 is 48.1 Å². The third-order valence-electron chi connectivity index (χ3n) is 9.58. The minimum Gasteiger partial charge on any atom is -0.748 e. The Morgan fingerprint density at radius 3 is 2.19 bits per heavy atom. The molecular weight excluding hydrogens is 645 g/mol. The molecule has 2 aliphatic heterocycles. The monoisotopic (exact) mass is 689 g/mol. The topological polar surface area (TPSA) is 121 Å². The SMILES string of the molecule is Cc1ccc2c(c1)C(C)(C)C(=CC=CC=CC1=[N+](CCCCS(=O)(=O)[O-])c3ccc4ccccc4c3C1(C)C)N2CCCCS(=O)(=O)[O-]. The Kier molecular flexibility index (Phi) is 10.2. The van der Waals surface area contributed by atoms with Gasteiger partial charge in [0.1, 0.15) is 6.54 Å². The van der Waals surface area contributed by atoms with E-state index in [1.54, 1.807) is 0 Å². The first kappa shape index (κ1) is 35.7. The van der Waals surface area contributed by atoms with Gasteiger partial charge in [-0.25, -0.2) is 16.8 Å². The number of anilines is 1. The van der Waals surface area contributed by atoms with Crippen LogP contribution in [-0.4, -0.2) is 60.8 Å². The fraction of sp³-hybridized carbons (Fsp3) is 0.395. The van der Waals surface area contributed by atoms with Gasteiger partial charge in [0.15, 0.2) is 5.71 Å². The first-order valence-electron chi connectivity index (χ1n) is 16.5. The number of aryl methyl sites for hydroxylation is 1. The molecule has 3 aromatic carbocycles. The third kappa shape index (κ3) is 7.67. The molecule has 2 aliphatic rings. The van der Waals surface area contributed by atoms with Gasteiger partial charge in [-0.2, -0.15) is 4.58 Å². The van der Waals surface area contributed by atoms with E-state index in [4.69, 9.17) is 0 Å². The van der Waals surface area contributed by atoms with Crippen LogP contribution >= 0.6 is 0 Å². The zero-order valence-electron chi connectivity index (χ0n) is 28.4. The number of allylic oxidation sites excluding steroid dienone is 6. The summed E-state index contributed by atoms with van der Waals surface area (Å²) >= 11 is 0. The van der Waals surface area contributed by atoms with Crippen molar-refractivity contribution in [3.8, 4) is 0 Å². The molecule has 0 bridgehead atoms. The van der Waals surface area contributed by atoms with Gasteiger partial charge in [-0.15, -0.1) is 0 Å². The van der Waals surface area contributed by atoms with Crippen LogP contribution in [0.1, 0.15) is 70.1 Å². The highest BCUT2D eigenvalue weighted by Crippen LogP contribution is 2.48. The number of hydrogen-bond acceptors (Lipinski definition) is 7. The van der Waals surface area contributed by atoms with Crippen molar-refractivity contribution in [2.45, 2.75) is 71.1 Å². The lowest BCUT2D eigenvalue weighted by Crippen LogP contribution is -2.28. The van der Waals surface area contributed by atoms with Gasteiger partial charge in [0, 0.05) is 59.0 Å². The summed E-state index contributed by atoms with van der Waals surface area (Å²) in [4.78, 5) is 2.24. The molecule has 48 heavy (non-hydrogen) atoms. The molecule has 0 N–H and O–H groups in total. The van der Waals surface area contributed by atoms with Gasteiger partial charge >= 0.3 is 0 Å². The molecule has 0 atom stereocenters. The third-order valence-corrected chi connectivity index (χ3v) is 11.2. The molecule has 0 unspecified atom stereocenters. The summed E-state index contributed by atoms with van der Waals surface area (Å²) in [6, 6.07) is 19.0. The molecule has 10 heteroatoms. The zero-order chi connectivity index (χ0) is 34.9. The van der Waals surface area contributed by atoms with Crippen molar-refractivity contribution in [1.82, 2.24) is 0 Å². The van der Waals surface area contributed by atoms with Gasteiger partial charge in [0.05, 0.1) is 25.7 Å². The van der Waals surface area contributed by atoms with Gasteiger partial charge in [-0.3, -0.25) is 0 Å². The highest BCUT2D eigenvalue weighted by atomic mass is 32.2. The number of unbranched alkanes of at least 4 members (excludes halogenated alkanes) is 2. The Labute approximate surface area is 285 Å². The molecule has 0 saturated heterocycles. The van der Waals surface area contributed by atoms with Crippen molar-refractivity contribution in [2.24, 2.45) is 0 Å². The molecule has 8 nitrogen and oxygen atoms in total. The second-order valence-electron chi connectivity index (χ2n) is 13.9. The maximum Gasteiger partial charge on any atom is 0.210 e. The van der Waals surface area contributed by atoms with E-state index in [9.17, 15) is 25.9 Å². The van der Waals surface area contributed by atoms with Crippen LogP contribution in [0.15, 0.2) is 90.7 Å². The Balaban J connectivity index is 1.44. The minimum atomic E-state index is -4.26. The van der Waals surface area contributed by atoms with E-state index in [0.29, 0.717) is 38.8 Å². The van der Waals surface area contributed by atoms with Gasteiger partial charge in [0.25, 0.3) is 0 Å². The summed E-state index contributed by atoms with van der Waals surface area (Å²) < 4.78 is 69.5. The number of rotatable bonds is 13. The highest BCUT2D eigenvalue weighted by Gasteiger charge is 2.45. The first-order chi connectivity index (χ1) is 22.5. The van der Waals surface area contributed by atoms with Crippen LogP contribution in [0.5, 0.6) is 0 Å². The normalized spacial score (nSPS) is 18.1. The van der Waals surface area contributed by atoms with Crippen LogP contribution in [-0.2, 0) is 31.1 Å². The maximum absolute atomic E-state index is 11.2. The Morgan fingerprint density at radius 2 is 1.48 bits per heavy atom. The zero-order valence-corrected chi connectivity index (χ0v) is 30.0. The lowest BCUT2D eigenvalue weighted by Gasteiger charge is -2.27. The van der Waals surface area contributed by atoms with Crippen molar-refractivity contribution in [1.29, 1.82) is 0 Å². The summed E-state index contributed by atoms with van der Waals surface area (Å²) in [5.41, 5.74) is 7.38. The summed E-state index contributed by atoms with van der Waals surface area (Å²) in [5, 5.41) is 2.34. The lowest BCUT2D eigenvalue weighted by atomic mass is 9.79. The van der Waals surface area contributed by atoms with Crippen LogP contribution in [0.3, 0.4) is 0 Å². The molecule has 0 radical (unpaired) electrons. The van der Waals surface area contributed by atoms with E-state index in [2.05, 4.69) is 98.7 Å². The number of benzene rings is 3. The fourth-order valence-electron chi connectivity index (χ4n) is 7.26.